The quantitative estimate of drug-likeness (QED) is 0.793. The molecule has 2 aromatic rings. The molecule has 1 amide bonds. The van der Waals surface area contributed by atoms with Gasteiger partial charge in [-0.2, -0.15) is 13.2 Å². The van der Waals surface area contributed by atoms with Crippen LogP contribution in [0.2, 0.25) is 5.02 Å². The highest BCUT2D eigenvalue weighted by Crippen LogP contribution is 2.28. The first-order chi connectivity index (χ1) is 12.7. The van der Waals surface area contributed by atoms with Crippen LogP contribution in [0.4, 0.5) is 13.2 Å². The van der Waals surface area contributed by atoms with Gasteiger partial charge in [0, 0.05) is 25.2 Å². The van der Waals surface area contributed by atoms with Gasteiger partial charge in [0.2, 0.25) is 11.7 Å². The van der Waals surface area contributed by atoms with E-state index in [-0.39, 0.29) is 12.3 Å². The third-order valence-corrected chi connectivity index (χ3v) is 5.09. The van der Waals surface area contributed by atoms with Gasteiger partial charge >= 0.3 is 11.9 Å². The van der Waals surface area contributed by atoms with Crippen molar-refractivity contribution in [3.63, 3.8) is 0 Å². The average molecular weight is 403 g/mol. The van der Waals surface area contributed by atoms with Crippen LogP contribution in [0.1, 0.15) is 30.3 Å². The minimum Gasteiger partial charge on any atom is -0.342 e. The lowest BCUT2D eigenvalue weighted by Gasteiger charge is -2.31. The van der Waals surface area contributed by atoms with Crippen molar-refractivity contribution < 1.29 is 18.0 Å². The molecule has 0 spiro atoms. The van der Waals surface area contributed by atoms with Crippen LogP contribution in [0.5, 0.6) is 0 Å². The molecule has 0 N–H and O–H groups in total. The summed E-state index contributed by atoms with van der Waals surface area (Å²) in [4.78, 5) is 26.2. The van der Waals surface area contributed by atoms with Gasteiger partial charge in [-0.25, -0.2) is 9.48 Å². The molecular formula is C17H18ClF3N4O2. The fourth-order valence-corrected chi connectivity index (χ4v) is 3.42. The Hall–Kier alpha value is -2.29. The minimum absolute atomic E-state index is 0.106. The van der Waals surface area contributed by atoms with Crippen molar-refractivity contribution in [1.82, 2.24) is 19.2 Å². The standard InChI is InChI=1S/C17H18ClF3N4O2/c1-23-15(17(19,20)21)22-25(16(23)27)12-6-8-24(9-7-12)14(26)10-11-4-2-3-5-13(11)18/h2-5,12H,6-10H2,1H3. The molecule has 1 saturated heterocycles. The zero-order chi connectivity index (χ0) is 19.8. The molecule has 0 bridgehead atoms. The summed E-state index contributed by atoms with van der Waals surface area (Å²) in [6, 6.07) is 6.60. The Balaban J connectivity index is 1.67. The summed E-state index contributed by atoms with van der Waals surface area (Å²) in [5.41, 5.74) is -0.0785. The van der Waals surface area contributed by atoms with Gasteiger partial charge in [-0.3, -0.25) is 9.36 Å². The molecule has 1 aromatic heterocycles. The largest absolute Gasteiger partial charge is 0.451 e. The number of carbonyl (C=O) groups excluding carboxylic acids is 1. The van der Waals surface area contributed by atoms with Crippen LogP contribution < -0.4 is 5.69 Å². The van der Waals surface area contributed by atoms with Crippen molar-refractivity contribution in [3.05, 3.63) is 51.2 Å². The van der Waals surface area contributed by atoms with Crippen LogP contribution >= 0.6 is 11.6 Å². The lowest BCUT2D eigenvalue weighted by atomic mass is 10.0. The number of rotatable bonds is 3. The van der Waals surface area contributed by atoms with E-state index in [4.69, 9.17) is 11.6 Å². The fraction of sp³-hybridized carbons (Fsp3) is 0.471. The highest BCUT2D eigenvalue weighted by Gasteiger charge is 2.39. The van der Waals surface area contributed by atoms with E-state index in [1.165, 1.54) is 0 Å². The number of benzene rings is 1. The van der Waals surface area contributed by atoms with Crippen molar-refractivity contribution in [2.24, 2.45) is 7.05 Å². The highest BCUT2D eigenvalue weighted by atomic mass is 35.5. The molecule has 1 aliphatic heterocycles. The Morgan fingerprint density at radius 2 is 1.89 bits per heavy atom. The SMILES string of the molecule is Cn1c(C(F)(F)F)nn(C2CCN(C(=O)Cc3ccccc3Cl)CC2)c1=O. The highest BCUT2D eigenvalue weighted by molar-refractivity contribution is 6.31. The van der Waals surface area contributed by atoms with Crippen molar-refractivity contribution in [3.8, 4) is 0 Å². The fourth-order valence-electron chi connectivity index (χ4n) is 3.22. The van der Waals surface area contributed by atoms with Gasteiger partial charge in [-0.1, -0.05) is 29.8 Å². The van der Waals surface area contributed by atoms with Crippen LogP contribution in [0.3, 0.4) is 0 Å². The maximum absolute atomic E-state index is 12.9. The van der Waals surface area contributed by atoms with E-state index in [0.29, 0.717) is 35.5 Å². The summed E-state index contributed by atoms with van der Waals surface area (Å²) < 4.78 is 40.1. The van der Waals surface area contributed by atoms with E-state index in [1.807, 2.05) is 0 Å². The van der Waals surface area contributed by atoms with Crippen molar-refractivity contribution in [1.29, 1.82) is 0 Å². The second kappa shape index (κ2) is 7.38. The lowest BCUT2D eigenvalue weighted by Crippen LogP contribution is -2.41. The van der Waals surface area contributed by atoms with Crippen LogP contribution in [0.15, 0.2) is 29.1 Å². The van der Waals surface area contributed by atoms with Gasteiger partial charge in [0.15, 0.2) is 0 Å². The van der Waals surface area contributed by atoms with E-state index >= 15 is 0 Å². The Kier molecular flexibility index (Phi) is 5.32. The van der Waals surface area contributed by atoms with E-state index in [0.717, 1.165) is 17.3 Å². The first-order valence-electron chi connectivity index (χ1n) is 8.42. The minimum atomic E-state index is -4.69. The maximum Gasteiger partial charge on any atom is 0.451 e. The molecular weight excluding hydrogens is 385 g/mol. The third-order valence-electron chi connectivity index (χ3n) is 4.72. The number of halogens is 4. The molecule has 1 aromatic carbocycles. The number of amides is 1. The number of nitrogens with zero attached hydrogens (tertiary/aromatic N) is 4. The normalized spacial score (nSPS) is 16.0. The average Bonchev–Trinajstić information content (AvgIpc) is 2.92. The van der Waals surface area contributed by atoms with Gasteiger partial charge < -0.3 is 4.90 Å². The number of hydrogen-bond acceptors (Lipinski definition) is 3. The monoisotopic (exact) mass is 402 g/mol. The number of likely N-dealkylation sites (tertiary alicyclic amines) is 1. The van der Waals surface area contributed by atoms with Gasteiger partial charge in [-0.15, -0.1) is 5.10 Å². The third kappa shape index (κ3) is 4.02. The summed E-state index contributed by atoms with van der Waals surface area (Å²) in [6.45, 7) is 0.691. The van der Waals surface area contributed by atoms with E-state index < -0.39 is 23.7 Å². The predicted molar refractivity (Wildman–Crippen MR) is 92.5 cm³/mol. The second-order valence-corrected chi connectivity index (χ2v) is 6.89. The number of alkyl halides is 3. The molecule has 1 fully saturated rings. The van der Waals surface area contributed by atoms with Gasteiger partial charge in [0.1, 0.15) is 0 Å². The molecule has 1 aliphatic rings. The van der Waals surface area contributed by atoms with Crippen LogP contribution in [0, 0.1) is 0 Å². The zero-order valence-electron chi connectivity index (χ0n) is 14.5. The van der Waals surface area contributed by atoms with Crippen LogP contribution in [0.25, 0.3) is 0 Å². The predicted octanol–water partition coefficient (Wildman–Crippen LogP) is 2.66. The van der Waals surface area contributed by atoms with Crippen molar-refractivity contribution >= 4 is 17.5 Å². The van der Waals surface area contributed by atoms with Gasteiger partial charge in [-0.05, 0) is 24.5 Å². The number of aromatic nitrogens is 3. The Morgan fingerprint density at radius 3 is 2.44 bits per heavy atom. The second-order valence-electron chi connectivity index (χ2n) is 6.49. The molecule has 146 valence electrons. The molecule has 0 aliphatic carbocycles. The van der Waals surface area contributed by atoms with Gasteiger partial charge in [0.25, 0.3) is 0 Å². The molecule has 0 unspecified atom stereocenters. The smallest absolute Gasteiger partial charge is 0.342 e. The van der Waals surface area contributed by atoms with Gasteiger partial charge in [0.05, 0.1) is 12.5 Å². The molecule has 0 atom stereocenters. The molecule has 6 nitrogen and oxygen atoms in total. The first kappa shape index (κ1) is 19.5. The topological polar surface area (TPSA) is 60.1 Å². The number of piperidine rings is 1. The van der Waals surface area contributed by atoms with E-state index in [2.05, 4.69) is 5.10 Å². The molecule has 0 radical (unpaired) electrons. The summed E-state index contributed by atoms with van der Waals surface area (Å²) >= 11 is 6.07. The number of hydrogen-bond donors (Lipinski definition) is 0. The van der Waals surface area contributed by atoms with Crippen LogP contribution in [-0.4, -0.2) is 38.2 Å². The van der Waals surface area contributed by atoms with E-state index in [1.54, 1.807) is 29.2 Å². The Bertz CT molecular complexity index is 898. The maximum atomic E-state index is 12.9. The molecule has 3 rings (SSSR count). The molecule has 0 saturated carbocycles. The van der Waals surface area contributed by atoms with Crippen LogP contribution in [-0.2, 0) is 24.4 Å². The number of carbonyl (C=O) groups is 1. The Morgan fingerprint density at radius 1 is 1.26 bits per heavy atom. The summed E-state index contributed by atoms with van der Waals surface area (Å²) in [7, 11) is 1.05. The van der Waals surface area contributed by atoms with E-state index in [9.17, 15) is 22.8 Å². The summed E-state index contributed by atoms with van der Waals surface area (Å²) in [6.07, 6.45) is -3.80. The summed E-state index contributed by atoms with van der Waals surface area (Å²) in [5, 5.41) is 3.99. The van der Waals surface area contributed by atoms with Crippen molar-refractivity contribution in [2.45, 2.75) is 31.5 Å². The molecule has 27 heavy (non-hydrogen) atoms. The zero-order valence-corrected chi connectivity index (χ0v) is 15.3. The lowest BCUT2D eigenvalue weighted by molar-refractivity contribution is -0.147. The molecule has 10 heteroatoms. The first-order valence-corrected chi connectivity index (χ1v) is 8.80. The van der Waals surface area contributed by atoms with Crippen molar-refractivity contribution in [2.75, 3.05) is 13.1 Å². The molecule has 2 heterocycles. The summed E-state index contributed by atoms with van der Waals surface area (Å²) in [5.74, 6) is -1.32. The Labute approximate surface area is 158 Å².